The van der Waals surface area contributed by atoms with Gasteiger partial charge in [0.25, 0.3) is 5.56 Å². The zero-order valence-corrected chi connectivity index (χ0v) is 23.7. The summed E-state index contributed by atoms with van der Waals surface area (Å²) in [5.74, 6) is -4.53. The predicted molar refractivity (Wildman–Crippen MR) is 138 cm³/mol. The number of rotatable bonds is 5. The third-order valence-electron chi connectivity index (χ3n) is 6.45. The van der Waals surface area contributed by atoms with E-state index in [1.54, 1.807) is 33.8 Å². The molecule has 10 nitrogen and oxygen atoms in total. The first-order valence-corrected chi connectivity index (χ1v) is 13.9. The van der Waals surface area contributed by atoms with Gasteiger partial charge in [0, 0.05) is 23.7 Å². The third-order valence-corrected chi connectivity index (χ3v) is 7.61. The molecule has 1 saturated heterocycles. The number of hydrogen-bond donors (Lipinski definition) is 2. The second-order valence-electron chi connectivity index (χ2n) is 11.6. The molecule has 1 fully saturated rings. The molecule has 0 spiro atoms. The minimum atomic E-state index is -5.02. The van der Waals surface area contributed by atoms with Gasteiger partial charge in [-0.2, -0.15) is 0 Å². The lowest BCUT2D eigenvalue weighted by atomic mass is 9.78. The molecule has 0 aliphatic carbocycles. The molecule has 3 heterocycles. The van der Waals surface area contributed by atoms with Crippen molar-refractivity contribution in [2.75, 3.05) is 6.56 Å². The highest BCUT2D eigenvalue weighted by atomic mass is 31.2. The van der Waals surface area contributed by atoms with E-state index in [1.165, 1.54) is 0 Å². The van der Waals surface area contributed by atoms with E-state index in [2.05, 4.69) is 0 Å². The van der Waals surface area contributed by atoms with E-state index in [0.29, 0.717) is 15.7 Å². The lowest BCUT2D eigenvalue weighted by molar-refractivity contribution is -0.179. The number of hydrogen-bond acceptors (Lipinski definition) is 8. The Bertz CT molecular complexity index is 1590. The van der Waals surface area contributed by atoms with E-state index >= 15 is 8.78 Å². The van der Waals surface area contributed by atoms with Crippen molar-refractivity contribution in [2.24, 2.45) is 0 Å². The number of phosphoric acid groups is 1. The molecule has 0 saturated carbocycles. The molecule has 1 unspecified atom stereocenters. The van der Waals surface area contributed by atoms with Gasteiger partial charge < -0.3 is 14.4 Å². The number of fused-ring (bicyclic) bond motifs is 1. The van der Waals surface area contributed by atoms with Crippen LogP contribution in [0.4, 0.5) is 8.78 Å². The van der Waals surface area contributed by atoms with E-state index in [1.807, 2.05) is 25.8 Å². The first-order valence-electron chi connectivity index (χ1n) is 13.9. The fourth-order valence-electron chi connectivity index (χ4n) is 4.29. The highest BCUT2D eigenvalue weighted by molar-refractivity contribution is 7.49. The molecule has 1 aromatic heterocycles. The Kier molecular flexibility index (Phi) is 6.51. The largest absolute Gasteiger partial charge is 0.530 e. The zero-order chi connectivity index (χ0) is 31.8. The van der Waals surface area contributed by atoms with Gasteiger partial charge in [-0.3, -0.25) is 23.4 Å². The molecule has 1 aromatic carbocycles. The molecule has 39 heavy (non-hydrogen) atoms. The van der Waals surface area contributed by atoms with Gasteiger partial charge in [-0.25, -0.2) is 18.1 Å². The number of aliphatic hydroxyl groups excluding tert-OH is 1. The molecular formula is C26H35F2N2O8P. The van der Waals surface area contributed by atoms with Gasteiger partial charge in [-0.1, -0.05) is 48.5 Å². The molecule has 2 N–H and O–H groups in total. The number of aromatic nitrogens is 2. The van der Waals surface area contributed by atoms with Crippen LogP contribution in [0.5, 0.6) is 5.75 Å². The number of H-pyrrole nitrogens is 1. The number of phosphoric ester groups is 1. The standard InChI is InChI=1S/C26H35F2N2O8P/c1-8-14-11-30(23(33)29-21(14)32)22-18(31)10-26(28,37-22)13-36-39(34)35-12-15-19(27)16(24(2,3)4)9-17(20(15)38-39)25(5,6)7/h9,11,18,22,31H,8,10,12-13H2,1-7H3,(H,29,32,33)/t18-,22-,26+,39?/m1/s1/i13D2,22D. The van der Waals surface area contributed by atoms with Crippen molar-refractivity contribution in [3.8, 4) is 5.75 Å². The predicted octanol–water partition coefficient (Wildman–Crippen LogP) is 4.51. The normalized spacial score (nSPS) is 30.7. The number of nitrogens with one attached hydrogen (secondary N) is 1. The summed E-state index contributed by atoms with van der Waals surface area (Å²) in [4.78, 5) is 26.4. The number of aryl methyl sites for hydroxylation is 1. The van der Waals surface area contributed by atoms with Gasteiger partial charge in [0.1, 0.15) is 24.2 Å². The van der Waals surface area contributed by atoms with E-state index < -0.39 is 73.5 Å². The van der Waals surface area contributed by atoms with E-state index in [-0.39, 0.29) is 23.3 Å². The van der Waals surface area contributed by atoms with Crippen molar-refractivity contribution in [3.05, 3.63) is 61.2 Å². The summed E-state index contributed by atoms with van der Waals surface area (Å²) in [6.45, 7) is 8.07. The van der Waals surface area contributed by atoms with Gasteiger partial charge in [-0.05, 0) is 28.9 Å². The first kappa shape index (κ1) is 25.6. The smallest absolute Gasteiger partial charge is 0.403 e. The van der Waals surface area contributed by atoms with Crippen LogP contribution in [0, 0.1) is 5.82 Å². The van der Waals surface area contributed by atoms with Gasteiger partial charge in [-0.15, -0.1) is 0 Å². The number of aromatic amines is 1. The Balaban J connectivity index is 1.71. The second kappa shape index (κ2) is 9.92. The van der Waals surface area contributed by atoms with Crippen molar-refractivity contribution in [3.63, 3.8) is 0 Å². The highest BCUT2D eigenvalue weighted by Gasteiger charge is 2.51. The van der Waals surface area contributed by atoms with Crippen LogP contribution in [0.1, 0.15) is 87.5 Å². The van der Waals surface area contributed by atoms with Gasteiger partial charge in [0.05, 0.1) is 16.3 Å². The number of benzene rings is 1. The summed E-state index contributed by atoms with van der Waals surface area (Å²) in [6.07, 6.45) is -5.33. The summed E-state index contributed by atoms with van der Waals surface area (Å²) in [6, 6.07) is 1.56. The van der Waals surface area contributed by atoms with Crippen LogP contribution in [-0.2, 0) is 42.2 Å². The number of nitrogens with zero attached hydrogens (tertiary/aromatic N) is 1. The van der Waals surface area contributed by atoms with Crippen molar-refractivity contribution < 1.29 is 40.9 Å². The maximum absolute atomic E-state index is 16.2. The molecule has 2 aliphatic rings. The molecular weight excluding hydrogens is 537 g/mol. The molecule has 0 bridgehead atoms. The fraction of sp³-hybridized carbons (Fsp3) is 0.615. The van der Waals surface area contributed by atoms with Gasteiger partial charge in [0.15, 0.2) is 6.20 Å². The Labute approximate surface area is 229 Å². The Hall–Kier alpha value is -2.37. The fourth-order valence-corrected chi connectivity index (χ4v) is 5.40. The van der Waals surface area contributed by atoms with Crippen LogP contribution < -0.4 is 15.8 Å². The second-order valence-corrected chi connectivity index (χ2v) is 13.1. The average Bonchev–Trinajstić information content (AvgIpc) is 3.07. The topological polar surface area (TPSA) is 129 Å². The molecule has 4 rings (SSSR count). The molecule has 0 radical (unpaired) electrons. The van der Waals surface area contributed by atoms with Crippen molar-refractivity contribution >= 4 is 7.82 Å². The van der Waals surface area contributed by atoms with E-state index in [4.69, 9.17) is 22.4 Å². The molecule has 2 aliphatic heterocycles. The minimum absolute atomic E-state index is 0.0104. The summed E-state index contributed by atoms with van der Waals surface area (Å²) in [7, 11) is -5.02. The number of halogens is 2. The molecule has 13 heteroatoms. The highest BCUT2D eigenvalue weighted by Crippen LogP contribution is 2.58. The lowest BCUT2D eigenvalue weighted by Gasteiger charge is -2.34. The zero-order valence-electron chi connectivity index (χ0n) is 25.8. The summed E-state index contributed by atoms with van der Waals surface area (Å²) in [5, 5.41) is 10.6. The maximum atomic E-state index is 16.2. The van der Waals surface area contributed by atoms with Crippen molar-refractivity contribution in [2.45, 2.75) is 96.9 Å². The number of ether oxygens (including phenoxy) is 1. The van der Waals surface area contributed by atoms with Crippen LogP contribution in [0.3, 0.4) is 0 Å². The monoisotopic (exact) mass is 575 g/mol. The van der Waals surface area contributed by atoms with Crippen molar-refractivity contribution in [1.29, 1.82) is 0 Å². The van der Waals surface area contributed by atoms with Crippen LogP contribution in [0.2, 0.25) is 0 Å². The molecule has 0 amide bonds. The first-order chi connectivity index (χ1) is 19.0. The SMILES string of the molecule is [2H]C([2H])(OP1(=O)OCc2c(F)c(C(C)(C)C)cc(C(C)(C)C)c2O1)[C@]1(F)C[C@@H](O)[C@]([2H])(n2cc(CC)c(=O)[nH]c2=O)O1. The average molecular weight is 576 g/mol. The van der Waals surface area contributed by atoms with Crippen LogP contribution >= 0.6 is 7.82 Å². The molecule has 2 aromatic rings. The third kappa shape index (κ3) is 5.76. The summed E-state index contributed by atoms with van der Waals surface area (Å²) >= 11 is 0. The summed E-state index contributed by atoms with van der Waals surface area (Å²) in [5.41, 5.74) is -2.56. The van der Waals surface area contributed by atoms with Crippen LogP contribution in [-0.4, -0.2) is 33.2 Å². The minimum Gasteiger partial charge on any atom is -0.403 e. The van der Waals surface area contributed by atoms with Crippen LogP contribution in [0.15, 0.2) is 21.9 Å². The van der Waals surface area contributed by atoms with Crippen LogP contribution in [0.25, 0.3) is 0 Å². The summed E-state index contributed by atoms with van der Waals surface area (Å²) < 4.78 is 91.6. The maximum Gasteiger partial charge on any atom is 0.530 e. The lowest BCUT2D eigenvalue weighted by Crippen LogP contribution is -2.37. The number of alkyl halides is 1. The molecule has 4 atom stereocenters. The quantitative estimate of drug-likeness (QED) is 0.499. The van der Waals surface area contributed by atoms with E-state index in [9.17, 15) is 19.3 Å². The Morgan fingerprint density at radius 3 is 2.51 bits per heavy atom. The van der Waals surface area contributed by atoms with Gasteiger partial charge in [0.2, 0.25) is 5.85 Å². The molecule has 216 valence electrons. The Morgan fingerprint density at radius 1 is 1.28 bits per heavy atom. The Morgan fingerprint density at radius 2 is 1.92 bits per heavy atom. The van der Waals surface area contributed by atoms with E-state index in [0.717, 1.165) is 6.20 Å². The van der Waals surface area contributed by atoms with Gasteiger partial charge >= 0.3 is 13.5 Å². The number of aliphatic hydroxyl groups is 1. The van der Waals surface area contributed by atoms with Crippen molar-refractivity contribution in [1.82, 2.24) is 9.55 Å².